The second-order valence-corrected chi connectivity index (χ2v) is 7.21. The highest BCUT2D eigenvalue weighted by Gasteiger charge is 2.17. The molecule has 1 aliphatic carbocycles. The van der Waals surface area contributed by atoms with Crippen molar-refractivity contribution in [3.8, 4) is 5.75 Å². The fourth-order valence-electron chi connectivity index (χ4n) is 2.45. The number of hydrogen-bond donors (Lipinski definition) is 1. The lowest BCUT2D eigenvalue weighted by molar-refractivity contribution is 0.210. The molecule has 21 heavy (non-hydrogen) atoms. The number of nitrogens with one attached hydrogen (secondary N) is 1. The van der Waals surface area contributed by atoms with Gasteiger partial charge in [0.25, 0.3) is 0 Å². The van der Waals surface area contributed by atoms with Gasteiger partial charge in [-0.25, -0.2) is 4.98 Å². The Bertz CT molecular complexity index is 611. The number of rotatable bonds is 5. The number of hydrogen-bond acceptors (Lipinski definition) is 4. The summed E-state index contributed by atoms with van der Waals surface area (Å²) in [6.45, 7) is 0.684. The Labute approximate surface area is 138 Å². The largest absolute Gasteiger partial charge is 0.489 e. The molecule has 1 heterocycles. The highest BCUT2D eigenvalue weighted by molar-refractivity contribution is 7.15. The standard InChI is InChI=1S/C15H16Cl2N2OS/c16-13-7-10(18-8-12-9-19-15(17)21-12)5-6-14(13)20-11-3-1-2-4-11/h5-7,9,11,18H,1-4,8H2. The normalized spacial score (nSPS) is 15.3. The van der Waals surface area contributed by atoms with Crippen LogP contribution in [0.2, 0.25) is 9.49 Å². The third kappa shape index (κ3) is 4.02. The number of anilines is 1. The highest BCUT2D eigenvalue weighted by Crippen LogP contribution is 2.32. The topological polar surface area (TPSA) is 34.2 Å². The van der Waals surface area contributed by atoms with Gasteiger partial charge in [0.2, 0.25) is 0 Å². The first kappa shape index (κ1) is 14.9. The highest BCUT2D eigenvalue weighted by atomic mass is 35.5. The predicted molar refractivity (Wildman–Crippen MR) is 88.8 cm³/mol. The van der Waals surface area contributed by atoms with Crippen molar-refractivity contribution in [1.82, 2.24) is 4.98 Å². The molecule has 0 aliphatic heterocycles. The van der Waals surface area contributed by atoms with Gasteiger partial charge >= 0.3 is 0 Å². The molecule has 1 fully saturated rings. The molecular weight excluding hydrogens is 327 g/mol. The molecule has 1 aromatic carbocycles. The average molecular weight is 343 g/mol. The smallest absolute Gasteiger partial charge is 0.183 e. The fraction of sp³-hybridized carbons (Fsp3) is 0.400. The van der Waals surface area contributed by atoms with E-state index in [-0.39, 0.29) is 0 Å². The van der Waals surface area contributed by atoms with E-state index in [1.807, 2.05) is 18.2 Å². The third-order valence-electron chi connectivity index (χ3n) is 3.52. The SMILES string of the molecule is Clc1ncc(CNc2ccc(OC3CCCC3)c(Cl)c2)s1. The van der Waals surface area contributed by atoms with Gasteiger partial charge in [0.05, 0.1) is 17.7 Å². The van der Waals surface area contributed by atoms with Gasteiger partial charge in [0.1, 0.15) is 5.75 Å². The summed E-state index contributed by atoms with van der Waals surface area (Å²) >= 11 is 13.6. The van der Waals surface area contributed by atoms with E-state index in [4.69, 9.17) is 27.9 Å². The number of thiazole rings is 1. The minimum absolute atomic E-state index is 0.320. The average Bonchev–Trinajstić information content (AvgIpc) is 3.11. The van der Waals surface area contributed by atoms with E-state index in [0.717, 1.165) is 29.2 Å². The zero-order valence-electron chi connectivity index (χ0n) is 11.4. The number of ether oxygens (including phenoxy) is 1. The molecule has 1 aromatic heterocycles. The van der Waals surface area contributed by atoms with E-state index in [0.29, 0.717) is 22.1 Å². The van der Waals surface area contributed by atoms with E-state index in [1.165, 1.54) is 24.2 Å². The monoisotopic (exact) mass is 342 g/mol. The van der Waals surface area contributed by atoms with Gasteiger partial charge in [-0.15, -0.1) is 11.3 Å². The molecule has 0 amide bonds. The maximum absolute atomic E-state index is 6.30. The van der Waals surface area contributed by atoms with Crippen LogP contribution in [0.5, 0.6) is 5.75 Å². The Morgan fingerprint density at radius 1 is 1.29 bits per heavy atom. The van der Waals surface area contributed by atoms with Crippen molar-refractivity contribution in [2.75, 3.05) is 5.32 Å². The second-order valence-electron chi connectivity index (χ2n) is 5.10. The molecule has 0 atom stereocenters. The first-order valence-corrected chi connectivity index (χ1v) is 8.58. The molecule has 1 saturated carbocycles. The molecular formula is C15H16Cl2N2OS. The van der Waals surface area contributed by atoms with Crippen LogP contribution in [-0.2, 0) is 6.54 Å². The van der Waals surface area contributed by atoms with Gasteiger partial charge in [-0.2, -0.15) is 0 Å². The lowest BCUT2D eigenvalue weighted by Crippen LogP contribution is -2.11. The zero-order valence-corrected chi connectivity index (χ0v) is 13.8. The van der Waals surface area contributed by atoms with Gasteiger partial charge in [0, 0.05) is 16.8 Å². The van der Waals surface area contributed by atoms with Crippen LogP contribution in [-0.4, -0.2) is 11.1 Å². The molecule has 3 rings (SSSR count). The van der Waals surface area contributed by atoms with Crippen LogP contribution in [0.25, 0.3) is 0 Å². The van der Waals surface area contributed by atoms with Crippen molar-refractivity contribution in [1.29, 1.82) is 0 Å². The minimum atomic E-state index is 0.320. The number of nitrogens with zero attached hydrogens (tertiary/aromatic N) is 1. The summed E-state index contributed by atoms with van der Waals surface area (Å²) in [4.78, 5) is 5.10. The molecule has 0 radical (unpaired) electrons. The van der Waals surface area contributed by atoms with Crippen molar-refractivity contribution in [3.05, 3.63) is 38.8 Å². The van der Waals surface area contributed by atoms with Gasteiger partial charge < -0.3 is 10.1 Å². The fourth-order valence-corrected chi connectivity index (χ4v) is 3.59. The van der Waals surface area contributed by atoms with Crippen molar-refractivity contribution in [2.45, 2.75) is 38.3 Å². The minimum Gasteiger partial charge on any atom is -0.489 e. The molecule has 0 bridgehead atoms. The van der Waals surface area contributed by atoms with Gasteiger partial charge in [-0.05, 0) is 43.9 Å². The van der Waals surface area contributed by atoms with Crippen molar-refractivity contribution in [3.63, 3.8) is 0 Å². The molecule has 1 N–H and O–H groups in total. The van der Waals surface area contributed by atoms with E-state index in [2.05, 4.69) is 10.3 Å². The molecule has 3 nitrogen and oxygen atoms in total. The predicted octanol–water partition coefficient (Wildman–Crippen LogP) is 5.38. The number of benzene rings is 1. The van der Waals surface area contributed by atoms with E-state index in [9.17, 15) is 0 Å². The second kappa shape index (κ2) is 6.86. The molecule has 2 aromatic rings. The Balaban J connectivity index is 1.60. The first-order valence-electron chi connectivity index (χ1n) is 7.01. The van der Waals surface area contributed by atoms with Crippen LogP contribution in [0.4, 0.5) is 5.69 Å². The summed E-state index contributed by atoms with van der Waals surface area (Å²) in [5, 5.41) is 3.96. The maximum atomic E-state index is 6.30. The molecule has 6 heteroatoms. The zero-order chi connectivity index (χ0) is 14.7. The van der Waals surface area contributed by atoms with Crippen LogP contribution in [0.3, 0.4) is 0 Å². The summed E-state index contributed by atoms with van der Waals surface area (Å²) in [6.07, 6.45) is 6.85. The van der Waals surface area contributed by atoms with Gasteiger partial charge in [-0.3, -0.25) is 0 Å². The van der Waals surface area contributed by atoms with Crippen LogP contribution < -0.4 is 10.1 Å². The third-order valence-corrected chi connectivity index (χ3v) is 4.93. The summed E-state index contributed by atoms with van der Waals surface area (Å²) in [6, 6.07) is 5.82. The summed E-state index contributed by atoms with van der Waals surface area (Å²) < 4.78 is 6.50. The van der Waals surface area contributed by atoms with Crippen LogP contribution in [0.15, 0.2) is 24.4 Å². The lowest BCUT2D eigenvalue weighted by atomic mass is 10.2. The summed E-state index contributed by atoms with van der Waals surface area (Å²) in [7, 11) is 0. The van der Waals surface area contributed by atoms with E-state index < -0.39 is 0 Å². The van der Waals surface area contributed by atoms with Crippen molar-refractivity contribution < 1.29 is 4.74 Å². The van der Waals surface area contributed by atoms with E-state index >= 15 is 0 Å². The maximum Gasteiger partial charge on any atom is 0.183 e. The molecule has 0 spiro atoms. The van der Waals surface area contributed by atoms with Gasteiger partial charge in [-0.1, -0.05) is 23.2 Å². The van der Waals surface area contributed by atoms with E-state index in [1.54, 1.807) is 6.20 Å². The lowest BCUT2D eigenvalue weighted by Gasteiger charge is -2.15. The number of halogens is 2. The molecule has 0 unspecified atom stereocenters. The van der Waals surface area contributed by atoms with Crippen LogP contribution in [0, 0.1) is 0 Å². The van der Waals surface area contributed by atoms with Gasteiger partial charge in [0.15, 0.2) is 4.47 Å². The Hall–Kier alpha value is -0.970. The molecule has 0 saturated heterocycles. The van der Waals surface area contributed by atoms with Crippen molar-refractivity contribution >= 4 is 40.2 Å². The summed E-state index contributed by atoms with van der Waals surface area (Å²) in [5.41, 5.74) is 0.961. The van der Waals surface area contributed by atoms with Crippen LogP contribution in [0.1, 0.15) is 30.6 Å². The first-order chi connectivity index (χ1) is 10.2. The van der Waals surface area contributed by atoms with Crippen molar-refractivity contribution in [2.24, 2.45) is 0 Å². The molecule has 112 valence electrons. The Morgan fingerprint density at radius 2 is 2.10 bits per heavy atom. The Kier molecular flexibility index (Phi) is 4.88. The molecule has 1 aliphatic rings. The summed E-state index contributed by atoms with van der Waals surface area (Å²) in [5.74, 6) is 0.773. The Morgan fingerprint density at radius 3 is 2.76 bits per heavy atom. The quantitative estimate of drug-likeness (QED) is 0.791. The number of aromatic nitrogens is 1. The van der Waals surface area contributed by atoms with Crippen LogP contribution >= 0.6 is 34.5 Å².